The number of anilines is 1. The number of halogens is 1. The van der Waals surface area contributed by atoms with Crippen LogP contribution in [0, 0.1) is 6.92 Å². The zero-order chi connectivity index (χ0) is 13.3. The zero-order valence-electron chi connectivity index (χ0n) is 10.9. The maximum absolute atomic E-state index is 12.2. The summed E-state index contributed by atoms with van der Waals surface area (Å²) in [5, 5.41) is 3.80. The van der Waals surface area contributed by atoms with Gasteiger partial charge in [-0.3, -0.25) is 4.90 Å². The van der Waals surface area contributed by atoms with Gasteiger partial charge in [-0.05, 0) is 31.7 Å². The number of benzene rings is 1. The van der Waals surface area contributed by atoms with E-state index < -0.39 is 0 Å². The van der Waals surface area contributed by atoms with Crippen LogP contribution in [0.4, 0.5) is 10.5 Å². The van der Waals surface area contributed by atoms with Crippen LogP contribution in [0.15, 0.2) is 18.2 Å². The van der Waals surface area contributed by atoms with Gasteiger partial charge < -0.3 is 10.2 Å². The third kappa shape index (κ3) is 2.31. The molecule has 2 rings (SSSR count). The van der Waals surface area contributed by atoms with Gasteiger partial charge in [0, 0.05) is 30.8 Å². The first-order valence-electron chi connectivity index (χ1n) is 5.99. The van der Waals surface area contributed by atoms with E-state index in [0.717, 1.165) is 17.8 Å². The molecular formula is C13H18ClN3O. The molecule has 0 bridgehead atoms. The molecule has 4 nitrogen and oxygen atoms in total. The smallest absolute Gasteiger partial charge is 0.321 e. The van der Waals surface area contributed by atoms with E-state index in [9.17, 15) is 4.79 Å². The number of urea groups is 1. The molecule has 18 heavy (non-hydrogen) atoms. The number of aryl methyl sites for hydroxylation is 1. The molecule has 1 aromatic rings. The molecule has 0 aliphatic carbocycles. The summed E-state index contributed by atoms with van der Waals surface area (Å²) in [6.45, 7) is 3.43. The molecule has 1 atom stereocenters. The van der Waals surface area contributed by atoms with E-state index in [1.807, 2.05) is 39.2 Å². The quantitative estimate of drug-likeness (QED) is 0.911. The van der Waals surface area contributed by atoms with E-state index >= 15 is 0 Å². The highest BCUT2D eigenvalue weighted by atomic mass is 35.5. The molecule has 1 N–H and O–H groups in total. The summed E-state index contributed by atoms with van der Waals surface area (Å²) in [6, 6.07) is 5.95. The number of nitrogens with one attached hydrogen (secondary N) is 1. The Morgan fingerprint density at radius 1 is 1.50 bits per heavy atom. The van der Waals surface area contributed by atoms with Crippen molar-refractivity contribution in [2.45, 2.75) is 13.0 Å². The van der Waals surface area contributed by atoms with Gasteiger partial charge in [-0.25, -0.2) is 4.79 Å². The maximum atomic E-state index is 12.2. The molecule has 0 aromatic heterocycles. The van der Waals surface area contributed by atoms with Crippen molar-refractivity contribution in [2.24, 2.45) is 0 Å². The summed E-state index contributed by atoms with van der Waals surface area (Å²) < 4.78 is 0. The van der Waals surface area contributed by atoms with Gasteiger partial charge in [-0.2, -0.15) is 0 Å². The van der Waals surface area contributed by atoms with Crippen molar-refractivity contribution in [3.05, 3.63) is 28.8 Å². The van der Waals surface area contributed by atoms with Crippen LogP contribution in [0.25, 0.3) is 0 Å². The average Bonchev–Trinajstić information content (AvgIpc) is 2.62. The number of hydrogen-bond acceptors (Lipinski definition) is 2. The molecule has 1 unspecified atom stereocenters. The first kappa shape index (κ1) is 13.2. The highest BCUT2D eigenvalue weighted by Gasteiger charge is 2.34. The van der Waals surface area contributed by atoms with Crippen LogP contribution in [-0.4, -0.2) is 44.2 Å². The Kier molecular flexibility index (Phi) is 3.78. The SMILES string of the molecule is CNCC1CN(c2ccc(C)c(Cl)c2)C(=O)N1C. The summed E-state index contributed by atoms with van der Waals surface area (Å²) in [5.74, 6) is 0. The number of rotatable bonds is 3. The van der Waals surface area contributed by atoms with E-state index in [0.29, 0.717) is 11.6 Å². The first-order valence-corrected chi connectivity index (χ1v) is 6.37. The van der Waals surface area contributed by atoms with Crippen molar-refractivity contribution in [2.75, 3.05) is 32.1 Å². The normalized spacial score (nSPS) is 19.8. The van der Waals surface area contributed by atoms with Crippen LogP contribution in [0.1, 0.15) is 5.56 Å². The Morgan fingerprint density at radius 2 is 2.22 bits per heavy atom. The average molecular weight is 268 g/mol. The molecule has 5 heteroatoms. The third-order valence-corrected chi connectivity index (χ3v) is 3.79. The highest BCUT2D eigenvalue weighted by molar-refractivity contribution is 6.31. The predicted octanol–water partition coefficient (Wildman–Crippen LogP) is 2.11. The molecule has 0 spiro atoms. The van der Waals surface area contributed by atoms with Crippen LogP contribution >= 0.6 is 11.6 Å². The Bertz CT molecular complexity index is 464. The summed E-state index contributed by atoms with van der Waals surface area (Å²) >= 11 is 6.11. The zero-order valence-corrected chi connectivity index (χ0v) is 11.7. The second-order valence-electron chi connectivity index (χ2n) is 4.65. The lowest BCUT2D eigenvalue weighted by molar-refractivity contribution is 0.218. The van der Waals surface area contributed by atoms with E-state index in [1.165, 1.54) is 0 Å². The Hall–Kier alpha value is -1.26. The fourth-order valence-electron chi connectivity index (χ4n) is 2.16. The van der Waals surface area contributed by atoms with E-state index in [2.05, 4.69) is 5.32 Å². The summed E-state index contributed by atoms with van der Waals surface area (Å²) in [5.41, 5.74) is 1.88. The molecule has 1 aliphatic heterocycles. The predicted molar refractivity (Wildman–Crippen MR) is 74.4 cm³/mol. The fourth-order valence-corrected chi connectivity index (χ4v) is 2.34. The summed E-state index contributed by atoms with van der Waals surface area (Å²) in [6.07, 6.45) is 0. The van der Waals surface area contributed by atoms with Gasteiger partial charge in [0.15, 0.2) is 0 Å². The summed E-state index contributed by atoms with van der Waals surface area (Å²) in [7, 11) is 3.73. The second-order valence-corrected chi connectivity index (χ2v) is 5.06. The molecule has 1 aliphatic rings. The van der Waals surface area contributed by atoms with Gasteiger partial charge in [0.05, 0.1) is 6.04 Å². The van der Waals surface area contributed by atoms with Gasteiger partial charge in [0.25, 0.3) is 0 Å². The van der Waals surface area contributed by atoms with Crippen molar-refractivity contribution in [3.8, 4) is 0 Å². The molecule has 1 saturated heterocycles. The van der Waals surface area contributed by atoms with Crippen LogP contribution in [0.5, 0.6) is 0 Å². The third-order valence-electron chi connectivity index (χ3n) is 3.38. The van der Waals surface area contributed by atoms with Crippen molar-refractivity contribution in [3.63, 3.8) is 0 Å². The molecule has 1 fully saturated rings. The lowest BCUT2D eigenvalue weighted by atomic mass is 10.2. The Balaban J connectivity index is 2.23. The molecular weight excluding hydrogens is 250 g/mol. The van der Waals surface area contributed by atoms with Crippen LogP contribution in [0.3, 0.4) is 0 Å². The van der Waals surface area contributed by atoms with Gasteiger partial charge in [0.2, 0.25) is 0 Å². The van der Waals surface area contributed by atoms with Crippen LogP contribution in [-0.2, 0) is 0 Å². The molecule has 2 amide bonds. The number of carbonyl (C=O) groups excluding carboxylic acids is 1. The van der Waals surface area contributed by atoms with Crippen LogP contribution in [0.2, 0.25) is 5.02 Å². The highest BCUT2D eigenvalue weighted by Crippen LogP contribution is 2.27. The Labute approximate surface area is 113 Å². The summed E-state index contributed by atoms with van der Waals surface area (Å²) in [4.78, 5) is 15.7. The minimum absolute atomic E-state index is 0.0233. The van der Waals surface area contributed by atoms with Gasteiger partial charge >= 0.3 is 6.03 Å². The topological polar surface area (TPSA) is 35.6 Å². The van der Waals surface area contributed by atoms with E-state index in [4.69, 9.17) is 11.6 Å². The molecule has 0 radical (unpaired) electrons. The van der Waals surface area contributed by atoms with Crippen molar-refractivity contribution in [1.29, 1.82) is 0 Å². The van der Waals surface area contributed by atoms with Crippen molar-refractivity contribution >= 4 is 23.3 Å². The second kappa shape index (κ2) is 5.16. The van der Waals surface area contributed by atoms with Gasteiger partial charge in [0.1, 0.15) is 0 Å². The maximum Gasteiger partial charge on any atom is 0.324 e. The molecule has 98 valence electrons. The van der Waals surface area contributed by atoms with Crippen molar-refractivity contribution < 1.29 is 4.79 Å². The van der Waals surface area contributed by atoms with Gasteiger partial charge in [-0.15, -0.1) is 0 Å². The standard InChI is InChI=1S/C13H18ClN3O/c1-9-4-5-10(6-12(9)14)17-8-11(7-15-2)16(3)13(17)18/h4-6,11,15H,7-8H2,1-3H3. The lowest BCUT2D eigenvalue weighted by Gasteiger charge is -2.17. The molecule has 1 aromatic carbocycles. The molecule has 0 saturated carbocycles. The lowest BCUT2D eigenvalue weighted by Crippen LogP contribution is -2.37. The molecule has 1 heterocycles. The van der Waals surface area contributed by atoms with Crippen molar-refractivity contribution in [1.82, 2.24) is 10.2 Å². The minimum atomic E-state index is 0.0233. The number of carbonyl (C=O) groups is 1. The number of likely N-dealkylation sites (N-methyl/N-ethyl adjacent to an activating group) is 2. The van der Waals surface area contributed by atoms with E-state index in [1.54, 1.807) is 9.80 Å². The fraction of sp³-hybridized carbons (Fsp3) is 0.462. The van der Waals surface area contributed by atoms with Crippen LogP contribution < -0.4 is 10.2 Å². The van der Waals surface area contributed by atoms with E-state index in [-0.39, 0.29) is 12.1 Å². The number of nitrogens with zero attached hydrogens (tertiary/aromatic N) is 2. The number of amides is 2. The largest absolute Gasteiger partial charge is 0.324 e. The minimum Gasteiger partial charge on any atom is -0.321 e. The first-order chi connectivity index (χ1) is 8.54. The monoisotopic (exact) mass is 267 g/mol. The Morgan fingerprint density at radius 3 is 2.83 bits per heavy atom. The number of hydrogen-bond donors (Lipinski definition) is 1. The van der Waals surface area contributed by atoms with Gasteiger partial charge in [-0.1, -0.05) is 17.7 Å².